The molecular formula is C28H36N2O5S. The van der Waals surface area contributed by atoms with Crippen LogP contribution in [0, 0.1) is 5.92 Å². The summed E-state index contributed by atoms with van der Waals surface area (Å²) in [5, 5.41) is 0. The van der Waals surface area contributed by atoms with Crippen LogP contribution in [0.25, 0.3) is 0 Å². The summed E-state index contributed by atoms with van der Waals surface area (Å²) in [7, 11) is -3.56. The first kappa shape index (κ1) is 24.1. The molecule has 6 rings (SSSR count). The van der Waals surface area contributed by atoms with Gasteiger partial charge in [-0.1, -0.05) is 18.2 Å². The Bertz CT molecular complexity index is 1170. The SMILES string of the molecule is O=S(=O)(NCC1CCC(N2CCC(c3ccccc3OC3CC3)CC2)CC1)c1ccc2c(c1)OCO2. The molecule has 8 heteroatoms. The summed E-state index contributed by atoms with van der Waals surface area (Å²) in [5.41, 5.74) is 1.39. The number of nitrogens with zero attached hydrogens (tertiary/aromatic N) is 1. The van der Waals surface area contributed by atoms with Gasteiger partial charge in [0.2, 0.25) is 16.8 Å². The molecule has 2 aromatic rings. The van der Waals surface area contributed by atoms with Crippen molar-refractivity contribution in [2.24, 2.45) is 5.92 Å². The van der Waals surface area contributed by atoms with E-state index in [2.05, 4.69) is 33.9 Å². The lowest BCUT2D eigenvalue weighted by atomic mass is 9.83. The normalized spacial score (nSPS) is 25.1. The third kappa shape index (κ3) is 5.36. The standard InChI is InChI=1S/C28H36N2O5S/c31-36(32,24-11-12-27-28(17-24)34-19-33-27)29-18-20-5-7-22(8-6-20)30-15-13-21(14-16-30)25-3-1-2-4-26(25)35-23-9-10-23/h1-4,11-12,17,20-23,29H,5-10,13-16,18-19H2. The molecule has 1 N–H and O–H groups in total. The van der Waals surface area contributed by atoms with Crippen molar-refractivity contribution in [1.29, 1.82) is 0 Å². The second kappa shape index (κ2) is 10.2. The van der Waals surface area contributed by atoms with Gasteiger partial charge in [-0.25, -0.2) is 13.1 Å². The lowest BCUT2D eigenvalue weighted by Gasteiger charge is -2.41. The van der Waals surface area contributed by atoms with E-state index in [4.69, 9.17) is 14.2 Å². The van der Waals surface area contributed by atoms with Crippen molar-refractivity contribution in [1.82, 2.24) is 9.62 Å². The Morgan fingerprint density at radius 2 is 1.64 bits per heavy atom. The third-order valence-electron chi connectivity index (χ3n) is 8.26. The molecule has 0 bridgehead atoms. The molecule has 0 atom stereocenters. The Labute approximate surface area is 214 Å². The van der Waals surface area contributed by atoms with Gasteiger partial charge in [0.15, 0.2) is 11.5 Å². The Morgan fingerprint density at radius 3 is 2.42 bits per heavy atom. The second-order valence-corrected chi connectivity index (χ2v) is 12.5. The molecule has 0 spiro atoms. The molecule has 194 valence electrons. The summed E-state index contributed by atoms with van der Waals surface area (Å²) < 4.78 is 45.2. The van der Waals surface area contributed by atoms with Crippen LogP contribution in [0.5, 0.6) is 17.2 Å². The summed E-state index contributed by atoms with van der Waals surface area (Å²) in [6.45, 7) is 2.89. The minimum Gasteiger partial charge on any atom is -0.490 e. The molecule has 4 aliphatic rings. The van der Waals surface area contributed by atoms with Crippen LogP contribution < -0.4 is 18.9 Å². The van der Waals surface area contributed by atoms with E-state index in [0.717, 1.165) is 44.5 Å². The largest absolute Gasteiger partial charge is 0.490 e. The van der Waals surface area contributed by atoms with E-state index in [0.29, 0.717) is 42.0 Å². The van der Waals surface area contributed by atoms with E-state index in [1.165, 1.54) is 31.2 Å². The third-order valence-corrected chi connectivity index (χ3v) is 9.68. The quantitative estimate of drug-likeness (QED) is 0.554. The van der Waals surface area contributed by atoms with Gasteiger partial charge in [0.05, 0.1) is 11.0 Å². The van der Waals surface area contributed by atoms with Crippen molar-refractivity contribution in [3.63, 3.8) is 0 Å². The highest BCUT2D eigenvalue weighted by Gasteiger charge is 2.32. The smallest absolute Gasteiger partial charge is 0.240 e. The lowest BCUT2D eigenvalue weighted by molar-refractivity contribution is 0.107. The van der Waals surface area contributed by atoms with Gasteiger partial charge in [-0.3, -0.25) is 0 Å². The zero-order chi connectivity index (χ0) is 24.5. The minimum absolute atomic E-state index is 0.134. The van der Waals surface area contributed by atoms with Gasteiger partial charge in [-0.2, -0.15) is 0 Å². The summed E-state index contributed by atoms with van der Waals surface area (Å²) in [5.74, 6) is 3.14. The highest BCUT2D eigenvalue weighted by Crippen LogP contribution is 2.39. The summed E-state index contributed by atoms with van der Waals surface area (Å²) in [4.78, 5) is 2.90. The Morgan fingerprint density at radius 1 is 0.889 bits per heavy atom. The van der Waals surface area contributed by atoms with E-state index >= 15 is 0 Å². The fraction of sp³-hybridized carbons (Fsp3) is 0.571. The van der Waals surface area contributed by atoms with Crippen LogP contribution in [0.1, 0.15) is 62.8 Å². The number of benzene rings is 2. The molecule has 2 aromatic carbocycles. The van der Waals surface area contributed by atoms with Crippen LogP contribution in [0.4, 0.5) is 0 Å². The summed E-state index contributed by atoms with van der Waals surface area (Å²) in [6, 6.07) is 14.0. The average Bonchev–Trinajstić information content (AvgIpc) is 3.60. The van der Waals surface area contributed by atoms with E-state index < -0.39 is 10.0 Å². The van der Waals surface area contributed by atoms with E-state index in [-0.39, 0.29) is 11.7 Å². The number of piperidine rings is 1. The molecule has 3 fully saturated rings. The highest BCUT2D eigenvalue weighted by molar-refractivity contribution is 7.89. The molecule has 0 aromatic heterocycles. The number of para-hydroxylation sites is 1. The predicted octanol–water partition coefficient (Wildman–Crippen LogP) is 4.67. The van der Waals surface area contributed by atoms with Crippen LogP contribution in [-0.4, -0.2) is 51.9 Å². The first-order valence-corrected chi connectivity index (χ1v) is 14.9. The van der Waals surface area contributed by atoms with Gasteiger partial charge < -0.3 is 19.1 Å². The number of likely N-dealkylation sites (tertiary alicyclic amines) is 1. The number of nitrogens with one attached hydrogen (secondary N) is 1. The van der Waals surface area contributed by atoms with Crippen molar-refractivity contribution in [2.45, 2.75) is 74.3 Å². The molecule has 0 amide bonds. The maximum absolute atomic E-state index is 12.8. The first-order chi connectivity index (χ1) is 17.5. The van der Waals surface area contributed by atoms with Crippen molar-refractivity contribution >= 4 is 10.0 Å². The maximum Gasteiger partial charge on any atom is 0.240 e. The van der Waals surface area contributed by atoms with Crippen LogP contribution in [-0.2, 0) is 10.0 Å². The Hall–Kier alpha value is -2.29. The summed E-state index contributed by atoms with van der Waals surface area (Å²) in [6.07, 6.45) is 9.58. The van der Waals surface area contributed by atoms with Gasteiger partial charge in [-0.15, -0.1) is 0 Å². The molecule has 1 saturated heterocycles. The van der Waals surface area contributed by atoms with Crippen molar-refractivity contribution in [3.8, 4) is 17.2 Å². The Kier molecular flexibility index (Phi) is 6.84. The van der Waals surface area contributed by atoms with Crippen LogP contribution in [0.15, 0.2) is 47.4 Å². The molecule has 2 aliphatic carbocycles. The number of hydrogen-bond donors (Lipinski definition) is 1. The second-order valence-electron chi connectivity index (χ2n) is 10.7. The highest BCUT2D eigenvalue weighted by atomic mass is 32.2. The molecule has 0 radical (unpaired) electrons. The Balaban J connectivity index is 0.967. The number of hydrogen-bond acceptors (Lipinski definition) is 6. The van der Waals surface area contributed by atoms with E-state index in [1.807, 2.05) is 0 Å². The minimum atomic E-state index is -3.56. The van der Waals surface area contributed by atoms with E-state index in [9.17, 15) is 8.42 Å². The van der Waals surface area contributed by atoms with Crippen molar-refractivity contribution in [3.05, 3.63) is 48.0 Å². The fourth-order valence-corrected chi connectivity index (χ4v) is 7.07. The molecule has 0 unspecified atom stereocenters. The van der Waals surface area contributed by atoms with Gasteiger partial charge in [-0.05, 0) is 100 Å². The van der Waals surface area contributed by atoms with Crippen LogP contribution >= 0.6 is 0 Å². The average molecular weight is 513 g/mol. The van der Waals surface area contributed by atoms with Crippen molar-refractivity contribution in [2.75, 3.05) is 26.4 Å². The van der Waals surface area contributed by atoms with Gasteiger partial charge >= 0.3 is 0 Å². The summed E-state index contributed by atoms with van der Waals surface area (Å²) >= 11 is 0. The zero-order valence-corrected chi connectivity index (χ0v) is 21.5. The van der Waals surface area contributed by atoms with Crippen molar-refractivity contribution < 1.29 is 22.6 Å². The topological polar surface area (TPSA) is 77.1 Å². The monoisotopic (exact) mass is 512 g/mol. The maximum atomic E-state index is 12.8. The van der Waals surface area contributed by atoms with E-state index in [1.54, 1.807) is 18.2 Å². The molecule has 36 heavy (non-hydrogen) atoms. The predicted molar refractivity (Wildman–Crippen MR) is 137 cm³/mol. The fourth-order valence-electron chi connectivity index (χ4n) is 5.94. The van der Waals surface area contributed by atoms with Gasteiger partial charge in [0.25, 0.3) is 0 Å². The van der Waals surface area contributed by atoms with Crippen LogP contribution in [0.3, 0.4) is 0 Å². The first-order valence-electron chi connectivity index (χ1n) is 13.4. The molecule has 2 aliphatic heterocycles. The number of rotatable bonds is 8. The zero-order valence-electron chi connectivity index (χ0n) is 20.7. The number of sulfonamides is 1. The van der Waals surface area contributed by atoms with Gasteiger partial charge in [0.1, 0.15) is 5.75 Å². The number of fused-ring (bicyclic) bond motifs is 1. The van der Waals surface area contributed by atoms with Crippen LogP contribution in [0.2, 0.25) is 0 Å². The molecule has 2 heterocycles. The lowest BCUT2D eigenvalue weighted by Crippen LogP contribution is -2.43. The molecular weight excluding hydrogens is 476 g/mol. The molecule has 2 saturated carbocycles. The molecule has 7 nitrogen and oxygen atoms in total. The number of ether oxygens (including phenoxy) is 3. The van der Waals surface area contributed by atoms with Gasteiger partial charge in [0, 0.05) is 18.7 Å².